The molecule has 40 heavy (non-hydrogen) atoms. The van der Waals surface area contributed by atoms with Crippen LogP contribution in [0.15, 0.2) is 22.6 Å². The molecule has 5 aliphatic rings. The number of hydrogen-bond acceptors (Lipinski definition) is 3. The Morgan fingerprint density at radius 3 is 2.48 bits per heavy atom. The first-order valence-electron chi connectivity index (χ1n) is 16.7. The van der Waals surface area contributed by atoms with E-state index in [4.69, 9.17) is 0 Å². The monoisotopic (exact) mass is 572 g/mol. The first-order chi connectivity index (χ1) is 19.0. The molecule has 4 saturated carbocycles. The molecule has 9 atom stereocenters. The minimum atomic E-state index is -3.78. The van der Waals surface area contributed by atoms with Gasteiger partial charge in [0.2, 0.25) is 0 Å². The minimum absolute atomic E-state index is 0.291. The number of amides is 2. The normalized spacial score (nSPS) is 40.4. The summed E-state index contributed by atoms with van der Waals surface area (Å²) < 4.78 is 27.5. The van der Waals surface area contributed by atoms with Crippen LogP contribution in [0.25, 0.3) is 0 Å². The Hall–Kier alpha value is -1.30. The summed E-state index contributed by atoms with van der Waals surface area (Å²) in [6.45, 7) is 12.7. The first kappa shape index (κ1) is 30.2. The highest BCUT2D eigenvalue weighted by Crippen LogP contribution is 2.69. The number of nitrogens with one attached hydrogen (secondary N) is 2. The molecule has 2 amide bonds. The Bertz CT molecular complexity index is 1110. The van der Waals surface area contributed by atoms with Gasteiger partial charge in [0.1, 0.15) is 0 Å². The average molecular weight is 573 g/mol. The quantitative estimate of drug-likeness (QED) is 0.322. The molecule has 226 valence electrons. The van der Waals surface area contributed by atoms with E-state index in [1.165, 1.54) is 70.6 Å². The van der Waals surface area contributed by atoms with Crippen LogP contribution in [-0.2, 0) is 10.0 Å². The average Bonchev–Trinajstić information content (AvgIpc) is 3.13. The molecule has 0 aromatic heterocycles. The summed E-state index contributed by atoms with van der Waals surface area (Å²) in [6, 6.07) is -0.602. The van der Waals surface area contributed by atoms with Crippen LogP contribution in [0, 0.1) is 52.3 Å². The zero-order valence-electron chi connectivity index (χ0n) is 25.9. The van der Waals surface area contributed by atoms with Crippen molar-refractivity contribution in [2.75, 3.05) is 6.54 Å². The third-order valence-electron chi connectivity index (χ3n) is 13.1. The van der Waals surface area contributed by atoms with Crippen molar-refractivity contribution in [3.8, 4) is 0 Å². The highest BCUT2D eigenvalue weighted by atomic mass is 32.2. The summed E-state index contributed by atoms with van der Waals surface area (Å²) in [4.78, 5) is 12.8. The van der Waals surface area contributed by atoms with Crippen molar-refractivity contribution in [1.29, 1.82) is 0 Å². The highest BCUT2D eigenvalue weighted by Gasteiger charge is 2.61. The molecular formula is C34H56N2O3S. The molecule has 5 rings (SSSR count). The zero-order chi connectivity index (χ0) is 28.7. The fourth-order valence-corrected chi connectivity index (χ4v) is 12.0. The number of hydrogen-bond donors (Lipinski definition) is 2. The van der Waals surface area contributed by atoms with E-state index in [1.807, 2.05) is 13.0 Å². The molecule has 0 spiro atoms. The summed E-state index contributed by atoms with van der Waals surface area (Å²) in [5.74, 6) is 5.71. The van der Waals surface area contributed by atoms with Gasteiger partial charge in [0.05, 0.1) is 4.91 Å². The summed E-state index contributed by atoms with van der Waals surface area (Å²) >= 11 is 0. The zero-order valence-corrected chi connectivity index (χ0v) is 26.8. The van der Waals surface area contributed by atoms with E-state index in [-0.39, 0.29) is 0 Å². The molecule has 2 N–H and O–H groups in total. The van der Waals surface area contributed by atoms with E-state index in [2.05, 4.69) is 37.7 Å². The van der Waals surface area contributed by atoms with Crippen LogP contribution in [0.1, 0.15) is 125 Å². The Morgan fingerprint density at radius 2 is 1.75 bits per heavy atom. The second kappa shape index (κ2) is 11.8. The van der Waals surface area contributed by atoms with E-state index >= 15 is 0 Å². The lowest BCUT2D eigenvalue weighted by Crippen LogP contribution is -2.54. The van der Waals surface area contributed by atoms with Crippen LogP contribution in [0.4, 0.5) is 4.79 Å². The van der Waals surface area contributed by atoms with Gasteiger partial charge in [-0.25, -0.2) is 17.9 Å². The lowest BCUT2D eigenvalue weighted by atomic mass is 9.43. The molecule has 0 unspecified atom stereocenters. The van der Waals surface area contributed by atoms with Gasteiger partial charge in [0.15, 0.2) is 0 Å². The topological polar surface area (TPSA) is 75.3 Å². The minimum Gasteiger partial charge on any atom is -0.337 e. The van der Waals surface area contributed by atoms with Gasteiger partial charge in [0, 0.05) is 6.54 Å². The Balaban J connectivity index is 1.19. The maximum absolute atomic E-state index is 12.6. The van der Waals surface area contributed by atoms with Crippen LogP contribution < -0.4 is 10.0 Å². The molecule has 5 nitrogen and oxygen atoms in total. The maximum Gasteiger partial charge on any atom is 0.328 e. The highest BCUT2D eigenvalue weighted by molar-refractivity contribution is 7.93. The summed E-state index contributed by atoms with van der Waals surface area (Å²) in [6.07, 6.45) is 21.0. The van der Waals surface area contributed by atoms with Gasteiger partial charge in [-0.2, -0.15) is 0 Å². The number of carbonyl (C=O) groups is 1. The molecule has 0 radical (unpaired) electrons. The number of sulfonamides is 1. The molecule has 0 heterocycles. The van der Waals surface area contributed by atoms with Crippen molar-refractivity contribution >= 4 is 16.1 Å². The SMILES string of the molecule is CC[C@H]1C[C@@H]2[C@H](CC[C@]3(C)[C@@H]([C@H](C)CCNC(=O)NS(=O)(=O)C4=CC=C(C)CC4)CC[C@@H]23)[C@@]2(C)CCCCC[C@@H]12. The van der Waals surface area contributed by atoms with Crippen molar-refractivity contribution in [3.05, 3.63) is 22.6 Å². The standard InChI is InChI=1S/C34H56N2O3S/c1-6-25-22-27-30-16-15-28(34(30,5)20-17-31(27)33(4)19-9-7-8-10-29(25)33)24(3)18-21-35-32(37)36-40(38,39)26-13-11-23(2)12-14-26/h11,13,24-25,27-31H,6-10,12,14-22H2,1-5H3,(H2,35,36,37)/t24-,25+,27+,28-,29+,30+,31+,33+,34-/m1/s1. The van der Waals surface area contributed by atoms with Gasteiger partial charge >= 0.3 is 6.03 Å². The molecule has 0 bridgehead atoms. The number of urea groups is 1. The lowest BCUT2D eigenvalue weighted by molar-refractivity contribution is -0.126. The van der Waals surface area contributed by atoms with Crippen LogP contribution in [-0.4, -0.2) is 21.0 Å². The van der Waals surface area contributed by atoms with Gasteiger partial charge in [-0.1, -0.05) is 65.0 Å². The van der Waals surface area contributed by atoms with E-state index in [1.54, 1.807) is 6.08 Å². The van der Waals surface area contributed by atoms with Crippen LogP contribution >= 0.6 is 0 Å². The Labute approximate surface area is 244 Å². The van der Waals surface area contributed by atoms with E-state index < -0.39 is 16.1 Å². The van der Waals surface area contributed by atoms with Crippen molar-refractivity contribution in [2.45, 2.75) is 125 Å². The summed E-state index contributed by atoms with van der Waals surface area (Å²) in [5.41, 5.74) is 2.11. The number of allylic oxidation sites excluding steroid dienone is 4. The number of fused-ring (bicyclic) bond motifs is 5. The van der Waals surface area contributed by atoms with Crippen LogP contribution in [0.5, 0.6) is 0 Å². The van der Waals surface area contributed by atoms with Gasteiger partial charge in [-0.05, 0) is 129 Å². The molecule has 0 aliphatic heterocycles. The van der Waals surface area contributed by atoms with E-state index in [0.717, 1.165) is 41.6 Å². The van der Waals surface area contributed by atoms with E-state index in [9.17, 15) is 13.2 Å². The third kappa shape index (κ3) is 5.56. The third-order valence-corrected chi connectivity index (χ3v) is 14.6. The Kier molecular flexibility index (Phi) is 8.87. The van der Waals surface area contributed by atoms with Crippen molar-refractivity contribution in [2.24, 2.45) is 52.3 Å². The van der Waals surface area contributed by atoms with E-state index in [0.29, 0.717) is 47.0 Å². The van der Waals surface area contributed by atoms with Crippen molar-refractivity contribution in [3.63, 3.8) is 0 Å². The number of rotatable bonds is 7. The number of carbonyl (C=O) groups excluding carboxylic acids is 1. The van der Waals surface area contributed by atoms with Crippen LogP contribution in [0.2, 0.25) is 0 Å². The van der Waals surface area contributed by atoms with Gasteiger partial charge in [-0.15, -0.1) is 0 Å². The van der Waals surface area contributed by atoms with Crippen molar-refractivity contribution in [1.82, 2.24) is 10.0 Å². The fourth-order valence-electron chi connectivity index (χ4n) is 11.0. The molecule has 6 heteroatoms. The van der Waals surface area contributed by atoms with Gasteiger partial charge in [0.25, 0.3) is 10.0 Å². The lowest BCUT2D eigenvalue weighted by Gasteiger charge is -2.61. The molecule has 0 saturated heterocycles. The van der Waals surface area contributed by atoms with Gasteiger partial charge in [-0.3, -0.25) is 0 Å². The van der Waals surface area contributed by atoms with Crippen molar-refractivity contribution < 1.29 is 13.2 Å². The predicted molar refractivity (Wildman–Crippen MR) is 164 cm³/mol. The summed E-state index contributed by atoms with van der Waals surface area (Å²) in [7, 11) is -3.78. The largest absolute Gasteiger partial charge is 0.337 e. The Morgan fingerprint density at radius 1 is 0.975 bits per heavy atom. The predicted octanol–water partition coefficient (Wildman–Crippen LogP) is 8.34. The molecule has 5 aliphatic carbocycles. The fraction of sp³-hybridized carbons (Fsp3) is 0.853. The molecule has 4 fully saturated rings. The second-order valence-corrected chi connectivity index (χ2v) is 16.7. The second-order valence-electron chi connectivity index (χ2n) is 15.0. The maximum atomic E-state index is 12.6. The molecular weight excluding hydrogens is 516 g/mol. The van der Waals surface area contributed by atoms with Gasteiger partial charge < -0.3 is 5.32 Å². The van der Waals surface area contributed by atoms with Crippen LogP contribution in [0.3, 0.4) is 0 Å². The summed E-state index contributed by atoms with van der Waals surface area (Å²) in [5, 5.41) is 2.85. The smallest absolute Gasteiger partial charge is 0.328 e. The molecule has 0 aromatic carbocycles. The molecule has 0 aromatic rings. The first-order valence-corrected chi connectivity index (χ1v) is 18.1.